The van der Waals surface area contributed by atoms with Crippen molar-refractivity contribution in [1.82, 2.24) is 10.0 Å². The summed E-state index contributed by atoms with van der Waals surface area (Å²) in [7, 11) is -3.84. The molecule has 1 amide bonds. The predicted molar refractivity (Wildman–Crippen MR) is 75.6 cm³/mol. The molecule has 1 aromatic rings. The van der Waals surface area contributed by atoms with Crippen molar-refractivity contribution < 1.29 is 18.3 Å². The maximum Gasteiger partial charge on any atom is 0.241 e. The molecule has 0 aromatic heterocycles. The molecule has 0 bridgehead atoms. The number of carbonyl (C=O) groups is 1. The lowest BCUT2D eigenvalue weighted by Crippen LogP contribution is -2.38. The molecule has 20 heavy (non-hydrogen) atoms. The summed E-state index contributed by atoms with van der Waals surface area (Å²) in [5.41, 5.74) is 5.39. The van der Waals surface area contributed by atoms with E-state index in [2.05, 4.69) is 10.0 Å². The summed E-state index contributed by atoms with van der Waals surface area (Å²) in [4.78, 5) is 11.3. The molecule has 0 saturated heterocycles. The molecule has 0 aliphatic rings. The lowest BCUT2D eigenvalue weighted by atomic mass is 10.2. The molecule has 1 aromatic carbocycles. The van der Waals surface area contributed by atoms with Gasteiger partial charge in [0.25, 0.3) is 0 Å². The molecule has 0 atom stereocenters. The molecule has 5 N–H and O–H groups in total. The Bertz CT molecular complexity index is 584. The molecule has 0 aliphatic heterocycles. The molecule has 0 aliphatic carbocycles. The number of benzene rings is 1. The standard InChI is InChI=1S/C12H19N3O4S/c1-8(2)6-14-12(17)7-15-20(18,19)9-3-4-11(16)10(13)5-9/h3-5,8,15-16H,6-7,13H2,1-2H3,(H,14,17). The molecule has 1 rings (SSSR count). The van der Waals surface area contributed by atoms with E-state index >= 15 is 0 Å². The Balaban J connectivity index is 2.66. The second-order valence-corrected chi connectivity index (χ2v) is 6.51. The van der Waals surface area contributed by atoms with Gasteiger partial charge >= 0.3 is 0 Å². The number of amides is 1. The van der Waals surface area contributed by atoms with Crippen LogP contribution in [0.25, 0.3) is 0 Å². The van der Waals surface area contributed by atoms with Gasteiger partial charge in [-0.3, -0.25) is 4.79 Å². The van der Waals surface area contributed by atoms with E-state index in [0.717, 1.165) is 6.07 Å². The summed E-state index contributed by atoms with van der Waals surface area (Å²) in [6, 6.07) is 3.52. The molecule has 8 heteroatoms. The lowest BCUT2D eigenvalue weighted by Gasteiger charge is -2.10. The van der Waals surface area contributed by atoms with Crippen molar-refractivity contribution in [3.05, 3.63) is 18.2 Å². The number of anilines is 1. The van der Waals surface area contributed by atoms with Crippen LogP contribution in [0.1, 0.15) is 13.8 Å². The van der Waals surface area contributed by atoms with Crippen LogP contribution in [0, 0.1) is 5.92 Å². The van der Waals surface area contributed by atoms with Crippen LogP contribution in [0.4, 0.5) is 5.69 Å². The molecule has 0 fully saturated rings. The SMILES string of the molecule is CC(C)CNC(=O)CNS(=O)(=O)c1ccc(O)c(N)c1. The van der Waals surface area contributed by atoms with E-state index < -0.39 is 15.9 Å². The van der Waals surface area contributed by atoms with Crippen LogP contribution in [0.15, 0.2) is 23.1 Å². The van der Waals surface area contributed by atoms with Crippen molar-refractivity contribution >= 4 is 21.6 Å². The van der Waals surface area contributed by atoms with Gasteiger partial charge in [0.2, 0.25) is 15.9 Å². The van der Waals surface area contributed by atoms with Crippen LogP contribution in [0.5, 0.6) is 5.75 Å². The van der Waals surface area contributed by atoms with Crippen molar-refractivity contribution in [2.75, 3.05) is 18.8 Å². The van der Waals surface area contributed by atoms with Gasteiger partial charge in [0.05, 0.1) is 17.1 Å². The summed E-state index contributed by atoms with van der Waals surface area (Å²) in [5.74, 6) is -0.319. The van der Waals surface area contributed by atoms with E-state index in [1.807, 2.05) is 13.8 Å². The zero-order valence-electron chi connectivity index (χ0n) is 11.4. The number of hydrogen-bond donors (Lipinski definition) is 4. The molecule has 7 nitrogen and oxygen atoms in total. The summed E-state index contributed by atoms with van der Waals surface area (Å²) in [5, 5.41) is 11.8. The Kier molecular flexibility index (Phi) is 5.34. The maximum atomic E-state index is 11.9. The van der Waals surface area contributed by atoms with Crippen molar-refractivity contribution in [2.45, 2.75) is 18.7 Å². The summed E-state index contributed by atoms with van der Waals surface area (Å²) < 4.78 is 26.0. The van der Waals surface area contributed by atoms with Gasteiger partial charge in [-0.15, -0.1) is 0 Å². The fraction of sp³-hybridized carbons (Fsp3) is 0.417. The zero-order chi connectivity index (χ0) is 15.3. The Morgan fingerprint density at radius 3 is 2.60 bits per heavy atom. The number of rotatable bonds is 6. The van der Waals surface area contributed by atoms with Gasteiger partial charge in [0.15, 0.2) is 0 Å². The highest BCUT2D eigenvalue weighted by Crippen LogP contribution is 2.22. The van der Waals surface area contributed by atoms with E-state index in [1.54, 1.807) is 0 Å². The van der Waals surface area contributed by atoms with Crippen LogP contribution in [0.3, 0.4) is 0 Å². The number of nitrogen functional groups attached to an aromatic ring is 1. The predicted octanol–water partition coefficient (Wildman–Crippen LogP) is 0.0249. The molecule has 0 unspecified atom stereocenters. The average Bonchev–Trinajstić information content (AvgIpc) is 2.37. The number of aromatic hydroxyl groups is 1. The van der Waals surface area contributed by atoms with E-state index in [-0.39, 0.29) is 28.8 Å². The number of phenols is 1. The number of nitrogens with one attached hydrogen (secondary N) is 2. The molecule has 112 valence electrons. The highest BCUT2D eigenvalue weighted by atomic mass is 32.2. The van der Waals surface area contributed by atoms with Gasteiger partial charge in [0.1, 0.15) is 5.75 Å². The Morgan fingerprint density at radius 2 is 2.05 bits per heavy atom. The smallest absolute Gasteiger partial charge is 0.241 e. The molecular weight excluding hydrogens is 282 g/mol. The molecular formula is C12H19N3O4S. The minimum Gasteiger partial charge on any atom is -0.506 e. The molecule has 0 heterocycles. The van der Waals surface area contributed by atoms with Crippen LogP contribution in [-0.2, 0) is 14.8 Å². The topological polar surface area (TPSA) is 122 Å². The molecule has 0 saturated carbocycles. The van der Waals surface area contributed by atoms with Crippen LogP contribution in [0.2, 0.25) is 0 Å². The maximum absolute atomic E-state index is 11.9. The van der Waals surface area contributed by atoms with Crippen molar-refractivity contribution in [3.63, 3.8) is 0 Å². The molecule has 0 radical (unpaired) electrons. The van der Waals surface area contributed by atoms with Gasteiger partial charge in [-0.2, -0.15) is 0 Å². The first-order chi connectivity index (χ1) is 9.22. The molecule has 0 spiro atoms. The van der Waals surface area contributed by atoms with Gasteiger partial charge < -0.3 is 16.2 Å². The summed E-state index contributed by atoms with van der Waals surface area (Å²) in [6.07, 6.45) is 0. The second-order valence-electron chi connectivity index (χ2n) is 4.74. The second kappa shape index (κ2) is 6.58. The fourth-order valence-corrected chi connectivity index (χ4v) is 2.34. The third kappa shape index (κ3) is 4.71. The Labute approximate surface area is 118 Å². The van der Waals surface area contributed by atoms with Crippen molar-refractivity contribution in [1.29, 1.82) is 0 Å². The monoisotopic (exact) mass is 301 g/mol. The van der Waals surface area contributed by atoms with Crippen molar-refractivity contribution in [3.8, 4) is 5.75 Å². The summed E-state index contributed by atoms with van der Waals surface area (Å²) >= 11 is 0. The Morgan fingerprint density at radius 1 is 1.40 bits per heavy atom. The quantitative estimate of drug-likeness (QED) is 0.436. The first-order valence-corrected chi connectivity index (χ1v) is 7.55. The lowest BCUT2D eigenvalue weighted by molar-refractivity contribution is -0.120. The van der Waals surface area contributed by atoms with Gasteiger partial charge in [-0.1, -0.05) is 13.8 Å². The van der Waals surface area contributed by atoms with E-state index in [0.29, 0.717) is 6.54 Å². The number of sulfonamides is 1. The van der Waals surface area contributed by atoms with E-state index in [4.69, 9.17) is 5.73 Å². The normalized spacial score (nSPS) is 11.6. The number of phenolic OH excluding ortho intramolecular Hbond substituents is 1. The van der Waals surface area contributed by atoms with Crippen LogP contribution in [-0.4, -0.2) is 32.5 Å². The number of nitrogens with two attached hydrogens (primary N) is 1. The van der Waals surface area contributed by atoms with E-state index in [1.165, 1.54) is 12.1 Å². The van der Waals surface area contributed by atoms with Gasteiger partial charge in [-0.25, -0.2) is 13.1 Å². The minimum absolute atomic E-state index is 0.0443. The Hall–Kier alpha value is -1.80. The highest BCUT2D eigenvalue weighted by molar-refractivity contribution is 7.89. The third-order valence-corrected chi connectivity index (χ3v) is 3.84. The third-order valence-electron chi connectivity index (χ3n) is 2.44. The van der Waals surface area contributed by atoms with Crippen LogP contribution >= 0.6 is 0 Å². The van der Waals surface area contributed by atoms with Crippen molar-refractivity contribution in [2.24, 2.45) is 5.92 Å². The highest BCUT2D eigenvalue weighted by Gasteiger charge is 2.16. The first kappa shape index (κ1) is 16.3. The average molecular weight is 301 g/mol. The van der Waals surface area contributed by atoms with Gasteiger partial charge in [-0.05, 0) is 24.1 Å². The number of carbonyl (C=O) groups excluding carboxylic acids is 1. The minimum atomic E-state index is -3.84. The summed E-state index contributed by atoms with van der Waals surface area (Å²) in [6.45, 7) is 4.00. The zero-order valence-corrected chi connectivity index (χ0v) is 12.2. The van der Waals surface area contributed by atoms with Gasteiger partial charge in [0, 0.05) is 6.54 Å². The van der Waals surface area contributed by atoms with Crippen LogP contribution < -0.4 is 15.8 Å². The first-order valence-electron chi connectivity index (χ1n) is 6.07. The fourth-order valence-electron chi connectivity index (χ4n) is 1.32. The van der Waals surface area contributed by atoms with E-state index in [9.17, 15) is 18.3 Å². The largest absolute Gasteiger partial charge is 0.506 e. The number of hydrogen-bond acceptors (Lipinski definition) is 5.